The number of benzene rings is 1. The van der Waals surface area contributed by atoms with Crippen LogP contribution >= 0.6 is 0 Å². The molecule has 0 spiro atoms. The van der Waals surface area contributed by atoms with E-state index in [1.807, 2.05) is 0 Å². The van der Waals surface area contributed by atoms with Crippen molar-refractivity contribution in [2.75, 3.05) is 18.1 Å². The summed E-state index contributed by atoms with van der Waals surface area (Å²) in [5.41, 5.74) is 0.393. The normalized spacial score (nSPS) is 26.5. The van der Waals surface area contributed by atoms with Crippen molar-refractivity contribution in [1.29, 1.82) is 0 Å². The zero-order valence-electron chi connectivity index (χ0n) is 8.00. The van der Waals surface area contributed by atoms with Gasteiger partial charge >= 0.3 is 0 Å². The van der Waals surface area contributed by atoms with Crippen LogP contribution in [0.2, 0.25) is 0 Å². The van der Waals surface area contributed by atoms with Gasteiger partial charge in [-0.1, -0.05) is 6.07 Å². The average molecular weight is 231 g/mol. The largest absolute Gasteiger partial charge is 0.308 e. The van der Waals surface area contributed by atoms with Gasteiger partial charge in [-0.25, -0.2) is 8.78 Å². The highest BCUT2D eigenvalue weighted by atomic mass is 32.2. The van der Waals surface area contributed by atoms with Gasteiger partial charge in [-0.3, -0.25) is 4.21 Å². The summed E-state index contributed by atoms with van der Waals surface area (Å²) in [6, 6.07) is 3.22. The summed E-state index contributed by atoms with van der Waals surface area (Å²) in [6.45, 7) is 0.605. The maximum Gasteiger partial charge on any atom is 0.130 e. The van der Waals surface area contributed by atoms with Crippen molar-refractivity contribution in [1.82, 2.24) is 5.32 Å². The molecule has 2 unspecified atom stereocenters. The number of rotatable bonds is 1. The van der Waals surface area contributed by atoms with Gasteiger partial charge in [-0.15, -0.1) is 0 Å². The van der Waals surface area contributed by atoms with E-state index in [0.717, 1.165) is 6.07 Å². The van der Waals surface area contributed by atoms with E-state index in [4.69, 9.17) is 0 Å². The Balaban J connectivity index is 2.24. The molecular weight excluding hydrogens is 220 g/mol. The van der Waals surface area contributed by atoms with Crippen LogP contribution in [0.5, 0.6) is 0 Å². The summed E-state index contributed by atoms with van der Waals surface area (Å²) < 4.78 is 37.4. The molecular formula is C10H11F2NOS. The molecule has 1 N–H and O–H groups in total. The van der Waals surface area contributed by atoms with Crippen molar-refractivity contribution >= 4 is 10.8 Å². The first-order valence-electron chi connectivity index (χ1n) is 4.70. The third kappa shape index (κ3) is 2.41. The second kappa shape index (κ2) is 4.37. The maximum atomic E-state index is 13.4. The van der Waals surface area contributed by atoms with Gasteiger partial charge in [-0.2, -0.15) is 0 Å². The highest BCUT2D eigenvalue weighted by molar-refractivity contribution is 7.85. The van der Waals surface area contributed by atoms with Gasteiger partial charge < -0.3 is 5.32 Å². The molecule has 2 rings (SSSR count). The lowest BCUT2D eigenvalue weighted by Gasteiger charge is -2.23. The molecule has 1 aliphatic heterocycles. The van der Waals surface area contributed by atoms with E-state index in [-0.39, 0.29) is 6.04 Å². The Morgan fingerprint density at radius 1 is 1.40 bits per heavy atom. The van der Waals surface area contributed by atoms with E-state index >= 15 is 0 Å². The zero-order chi connectivity index (χ0) is 10.8. The second-order valence-electron chi connectivity index (χ2n) is 3.48. The predicted molar refractivity (Wildman–Crippen MR) is 55.0 cm³/mol. The first-order chi connectivity index (χ1) is 7.16. The Kier molecular flexibility index (Phi) is 3.11. The standard InChI is InChI=1S/C10H11F2NOS/c11-7-1-2-8(9(12)5-7)10-6-15(14)4-3-13-10/h1-2,5,10,13H,3-4,6H2. The molecule has 0 aromatic heterocycles. The van der Waals surface area contributed by atoms with E-state index in [9.17, 15) is 13.0 Å². The topological polar surface area (TPSA) is 29.1 Å². The summed E-state index contributed by atoms with van der Waals surface area (Å²) >= 11 is 0. The van der Waals surface area contributed by atoms with Crippen molar-refractivity contribution in [3.63, 3.8) is 0 Å². The van der Waals surface area contributed by atoms with Crippen LogP contribution in [0, 0.1) is 11.6 Å². The van der Waals surface area contributed by atoms with E-state index in [2.05, 4.69) is 5.32 Å². The van der Waals surface area contributed by atoms with Gasteiger partial charge in [0.15, 0.2) is 0 Å². The molecule has 0 aliphatic carbocycles. The fourth-order valence-corrected chi connectivity index (χ4v) is 2.84. The summed E-state index contributed by atoms with van der Waals surface area (Å²) in [6.07, 6.45) is 0. The van der Waals surface area contributed by atoms with E-state index in [1.165, 1.54) is 12.1 Å². The molecule has 1 saturated heterocycles. The first kappa shape index (κ1) is 10.7. The average Bonchev–Trinajstić information content (AvgIpc) is 2.17. The van der Waals surface area contributed by atoms with Crippen molar-refractivity contribution in [3.8, 4) is 0 Å². The molecule has 2 nitrogen and oxygen atoms in total. The fourth-order valence-electron chi connectivity index (χ4n) is 1.66. The van der Waals surface area contributed by atoms with Gasteiger partial charge in [0, 0.05) is 46.5 Å². The van der Waals surface area contributed by atoms with Gasteiger partial charge in [0.1, 0.15) is 11.6 Å². The SMILES string of the molecule is O=S1CCNC(c2ccc(F)cc2F)C1. The summed E-state index contributed by atoms with van der Waals surface area (Å²) in [5.74, 6) is -0.179. The summed E-state index contributed by atoms with van der Waals surface area (Å²) in [4.78, 5) is 0. The van der Waals surface area contributed by atoms with Crippen LogP contribution < -0.4 is 5.32 Å². The quantitative estimate of drug-likeness (QED) is 0.790. The van der Waals surface area contributed by atoms with Crippen molar-refractivity contribution in [2.45, 2.75) is 6.04 Å². The lowest BCUT2D eigenvalue weighted by Crippen LogP contribution is -2.36. The summed E-state index contributed by atoms with van der Waals surface area (Å²) in [5, 5.41) is 3.07. The lowest BCUT2D eigenvalue weighted by atomic mass is 10.1. The van der Waals surface area contributed by atoms with E-state index in [0.29, 0.717) is 23.6 Å². The molecule has 0 amide bonds. The van der Waals surface area contributed by atoms with Crippen LogP contribution in [-0.4, -0.2) is 22.3 Å². The van der Waals surface area contributed by atoms with E-state index in [1.54, 1.807) is 0 Å². The highest BCUT2D eigenvalue weighted by Crippen LogP contribution is 2.20. The Morgan fingerprint density at radius 2 is 2.20 bits per heavy atom. The van der Waals surface area contributed by atoms with E-state index < -0.39 is 22.4 Å². The molecule has 2 atom stereocenters. The Hall–Kier alpha value is -0.810. The van der Waals surface area contributed by atoms with Crippen LogP contribution in [0.4, 0.5) is 8.78 Å². The molecule has 1 heterocycles. The third-order valence-corrected chi connectivity index (χ3v) is 3.78. The molecule has 15 heavy (non-hydrogen) atoms. The molecule has 1 aromatic carbocycles. The lowest BCUT2D eigenvalue weighted by molar-refractivity contribution is 0.520. The second-order valence-corrected chi connectivity index (χ2v) is 5.10. The maximum absolute atomic E-state index is 13.4. The number of hydrogen-bond acceptors (Lipinski definition) is 2. The van der Waals surface area contributed by atoms with Gasteiger partial charge in [0.05, 0.1) is 0 Å². The molecule has 5 heteroatoms. The highest BCUT2D eigenvalue weighted by Gasteiger charge is 2.22. The molecule has 1 aromatic rings. The predicted octanol–water partition coefficient (Wildman–Crippen LogP) is 1.36. The minimum absolute atomic E-state index is 0.264. The number of hydrogen-bond donors (Lipinski definition) is 1. The van der Waals surface area contributed by atoms with Crippen LogP contribution in [-0.2, 0) is 10.8 Å². The van der Waals surface area contributed by atoms with Gasteiger partial charge in [-0.05, 0) is 6.07 Å². The molecule has 0 bridgehead atoms. The molecule has 82 valence electrons. The minimum Gasteiger partial charge on any atom is -0.308 e. The smallest absolute Gasteiger partial charge is 0.130 e. The van der Waals surface area contributed by atoms with Gasteiger partial charge in [0.25, 0.3) is 0 Å². The Labute approximate surface area is 89.1 Å². The van der Waals surface area contributed by atoms with Gasteiger partial charge in [0.2, 0.25) is 0 Å². The van der Waals surface area contributed by atoms with Crippen molar-refractivity contribution in [3.05, 3.63) is 35.4 Å². The monoisotopic (exact) mass is 231 g/mol. The fraction of sp³-hybridized carbons (Fsp3) is 0.400. The molecule has 0 radical (unpaired) electrons. The van der Waals surface area contributed by atoms with Crippen molar-refractivity contribution in [2.24, 2.45) is 0 Å². The molecule has 1 fully saturated rings. The third-order valence-electron chi connectivity index (χ3n) is 2.41. The zero-order valence-corrected chi connectivity index (χ0v) is 8.82. The van der Waals surface area contributed by atoms with Crippen LogP contribution in [0.15, 0.2) is 18.2 Å². The number of halogens is 2. The number of nitrogens with one attached hydrogen (secondary N) is 1. The Bertz CT molecular complexity index is 397. The van der Waals surface area contributed by atoms with Crippen LogP contribution in [0.1, 0.15) is 11.6 Å². The van der Waals surface area contributed by atoms with Crippen molar-refractivity contribution < 1.29 is 13.0 Å². The van der Waals surface area contributed by atoms with Crippen LogP contribution in [0.25, 0.3) is 0 Å². The Morgan fingerprint density at radius 3 is 2.87 bits per heavy atom. The summed E-state index contributed by atoms with van der Waals surface area (Å²) in [7, 11) is -0.907. The molecule has 0 saturated carbocycles. The van der Waals surface area contributed by atoms with Crippen LogP contribution in [0.3, 0.4) is 0 Å². The molecule has 1 aliphatic rings. The minimum atomic E-state index is -0.907. The first-order valence-corrected chi connectivity index (χ1v) is 6.19.